The molecule has 0 atom stereocenters. The number of hydrogen-bond acceptors (Lipinski definition) is 3. The van der Waals surface area contributed by atoms with Crippen LogP contribution in [-0.4, -0.2) is 57.7 Å². The van der Waals surface area contributed by atoms with E-state index in [9.17, 15) is 9.59 Å². The van der Waals surface area contributed by atoms with E-state index in [0.29, 0.717) is 31.9 Å². The van der Waals surface area contributed by atoms with Crippen molar-refractivity contribution < 1.29 is 9.59 Å². The lowest BCUT2D eigenvalue weighted by molar-refractivity contribution is -0.119. The van der Waals surface area contributed by atoms with E-state index in [0.717, 1.165) is 22.2 Å². The maximum Gasteiger partial charge on any atom is 0.272 e. The van der Waals surface area contributed by atoms with Gasteiger partial charge < -0.3 is 9.80 Å². The highest BCUT2D eigenvalue weighted by Gasteiger charge is 2.25. The lowest BCUT2D eigenvalue weighted by Crippen LogP contribution is -2.48. The van der Waals surface area contributed by atoms with Crippen LogP contribution in [0.1, 0.15) is 16.2 Å². The number of pyridine rings is 1. The fraction of sp³-hybridized carbons (Fsp3) is 0.357. The highest BCUT2D eigenvalue weighted by atomic mass is 79.9. The Hall–Kier alpha value is -1.89. The first kappa shape index (κ1) is 14.1. The molecule has 0 bridgehead atoms. The van der Waals surface area contributed by atoms with Gasteiger partial charge in [0, 0.05) is 36.8 Å². The Bertz CT molecular complexity index is 704. The fourth-order valence-corrected chi connectivity index (χ4v) is 2.91. The molecule has 1 fully saturated rings. The normalized spacial score (nSPS) is 15.5. The van der Waals surface area contributed by atoms with E-state index in [1.165, 1.54) is 0 Å². The summed E-state index contributed by atoms with van der Waals surface area (Å²) in [6, 6.07) is 3.77. The van der Waals surface area contributed by atoms with Crippen molar-refractivity contribution in [1.82, 2.24) is 19.2 Å². The standard InChI is InChI=1S/C14H15BrN4O2/c1-10-13(19-8-11(15)2-3-12(19)16-10)14(21)18-6-4-17(9-20)5-7-18/h2-3,8-9H,4-7H2,1H3. The molecule has 3 heterocycles. The Kier molecular flexibility index (Phi) is 3.67. The van der Waals surface area contributed by atoms with Gasteiger partial charge in [-0.15, -0.1) is 0 Å². The molecule has 0 aliphatic carbocycles. The molecule has 0 saturated carbocycles. The van der Waals surface area contributed by atoms with Gasteiger partial charge in [-0.2, -0.15) is 0 Å². The number of carbonyl (C=O) groups excluding carboxylic acids is 2. The van der Waals surface area contributed by atoms with Gasteiger partial charge in [0.2, 0.25) is 6.41 Å². The van der Waals surface area contributed by atoms with E-state index >= 15 is 0 Å². The van der Waals surface area contributed by atoms with Crippen LogP contribution in [0.15, 0.2) is 22.8 Å². The Labute approximate surface area is 130 Å². The van der Waals surface area contributed by atoms with Gasteiger partial charge in [-0.25, -0.2) is 4.98 Å². The van der Waals surface area contributed by atoms with Gasteiger partial charge in [0.05, 0.1) is 5.69 Å². The van der Waals surface area contributed by atoms with Crippen LogP contribution in [-0.2, 0) is 4.79 Å². The van der Waals surface area contributed by atoms with Gasteiger partial charge in [0.15, 0.2) is 0 Å². The average molecular weight is 351 g/mol. The van der Waals surface area contributed by atoms with E-state index in [4.69, 9.17) is 0 Å². The molecule has 2 amide bonds. The molecular formula is C14H15BrN4O2. The quantitative estimate of drug-likeness (QED) is 0.767. The van der Waals surface area contributed by atoms with Gasteiger partial charge in [0.1, 0.15) is 11.3 Å². The molecular weight excluding hydrogens is 336 g/mol. The summed E-state index contributed by atoms with van der Waals surface area (Å²) in [5.41, 5.74) is 2.06. The number of aryl methyl sites for hydroxylation is 1. The summed E-state index contributed by atoms with van der Waals surface area (Å²) in [7, 11) is 0. The number of piperazine rings is 1. The van der Waals surface area contributed by atoms with Crippen molar-refractivity contribution in [2.24, 2.45) is 0 Å². The third-order valence-electron chi connectivity index (χ3n) is 3.71. The summed E-state index contributed by atoms with van der Waals surface area (Å²) in [6.07, 6.45) is 2.68. The van der Waals surface area contributed by atoms with Crippen molar-refractivity contribution in [3.8, 4) is 0 Å². The number of carbonyl (C=O) groups is 2. The topological polar surface area (TPSA) is 57.9 Å². The molecule has 6 nitrogen and oxygen atoms in total. The zero-order valence-electron chi connectivity index (χ0n) is 11.6. The molecule has 3 rings (SSSR count). The molecule has 2 aromatic heterocycles. The summed E-state index contributed by atoms with van der Waals surface area (Å²) < 4.78 is 2.71. The molecule has 1 aliphatic rings. The van der Waals surface area contributed by atoms with Gasteiger partial charge >= 0.3 is 0 Å². The van der Waals surface area contributed by atoms with Crippen LogP contribution in [0.25, 0.3) is 5.65 Å². The van der Waals surface area contributed by atoms with E-state index < -0.39 is 0 Å². The van der Waals surface area contributed by atoms with Gasteiger partial charge in [-0.3, -0.25) is 14.0 Å². The van der Waals surface area contributed by atoms with Crippen molar-refractivity contribution in [3.05, 3.63) is 34.2 Å². The monoisotopic (exact) mass is 350 g/mol. The van der Waals surface area contributed by atoms with Crippen LogP contribution >= 0.6 is 15.9 Å². The number of fused-ring (bicyclic) bond motifs is 1. The number of amides is 2. The first-order chi connectivity index (χ1) is 10.1. The third kappa shape index (κ3) is 2.53. The number of halogens is 1. The molecule has 110 valence electrons. The molecule has 0 aromatic carbocycles. The molecule has 1 saturated heterocycles. The number of nitrogens with zero attached hydrogens (tertiary/aromatic N) is 4. The Morgan fingerprint density at radius 3 is 2.67 bits per heavy atom. The molecule has 0 spiro atoms. The van der Waals surface area contributed by atoms with E-state index in [2.05, 4.69) is 20.9 Å². The summed E-state index contributed by atoms with van der Waals surface area (Å²) >= 11 is 3.42. The second-order valence-corrected chi connectivity index (χ2v) is 5.97. The second kappa shape index (κ2) is 5.48. The van der Waals surface area contributed by atoms with E-state index in [1.54, 1.807) is 9.80 Å². The highest BCUT2D eigenvalue weighted by Crippen LogP contribution is 2.18. The zero-order valence-corrected chi connectivity index (χ0v) is 13.2. The average Bonchev–Trinajstić information content (AvgIpc) is 2.82. The lowest BCUT2D eigenvalue weighted by atomic mass is 10.2. The largest absolute Gasteiger partial charge is 0.342 e. The van der Waals surface area contributed by atoms with Crippen LogP contribution < -0.4 is 0 Å². The predicted molar refractivity (Wildman–Crippen MR) is 81.2 cm³/mol. The summed E-state index contributed by atoms with van der Waals surface area (Å²) in [5.74, 6) is -0.0383. The minimum atomic E-state index is -0.0383. The molecule has 1 aliphatic heterocycles. The first-order valence-corrected chi connectivity index (χ1v) is 7.52. The minimum absolute atomic E-state index is 0.0383. The summed E-state index contributed by atoms with van der Waals surface area (Å²) in [6.45, 7) is 4.11. The molecule has 0 radical (unpaired) electrons. The van der Waals surface area contributed by atoms with Crippen LogP contribution in [0.2, 0.25) is 0 Å². The minimum Gasteiger partial charge on any atom is -0.342 e. The van der Waals surface area contributed by atoms with Crippen LogP contribution in [0.3, 0.4) is 0 Å². The van der Waals surface area contributed by atoms with Crippen molar-refractivity contribution in [2.75, 3.05) is 26.2 Å². The maximum atomic E-state index is 12.7. The number of hydrogen-bond donors (Lipinski definition) is 0. The lowest BCUT2D eigenvalue weighted by Gasteiger charge is -2.32. The van der Waals surface area contributed by atoms with Crippen molar-refractivity contribution in [1.29, 1.82) is 0 Å². The second-order valence-electron chi connectivity index (χ2n) is 5.05. The molecule has 0 unspecified atom stereocenters. The van der Waals surface area contributed by atoms with E-state index in [-0.39, 0.29) is 5.91 Å². The Morgan fingerprint density at radius 2 is 2.00 bits per heavy atom. The third-order valence-corrected chi connectivity index (χ3v) is 4.18. The SMILES string of the molecule is Cc1nc2ccc(Br)cn2c1C(=O)N1CCN(C=O)CC1. The fourth-order valence-electron chi connectivity index (χ4n) is 2.57. The number of imidazole rings is 1. The first-order valence-electron chi connectivity index (χ1n) is 6.73. The van der Waals surface area contributed by atoms with Crippen molar-refractivity contribution in [2.45, 2.75) is 6.92 Å². The molecule has 7 heteroatoms. The number of rotatable bonds is 2. The van der Waals surface area contributed by atoms with Gasteiger partial charge in [0.25, 0.3) is 5.91 Å². The van der Waals surface area contributed by atoms with E-state index in [1.807, 2.05) is 29.7 Å². The predicted octanol–water partition coefficient (Wildman–Crippen LogP) is 1.32. The highest BCUT2D eigenvalue weighted by molar-refractivity contribution is 9.10. The van der Waals surface area contributed by atoms with Crippen LogP contribution in [0.4, 0.5) is 0 Å². The van der Waals surface area contributed by atoms with Gasteiger partial charge in [-0.1, -0.05) is 0 Å². The van der Waals surface area contributed by atoms with Gasteiger partial charge in [-0.05, 0) is 35.0 Å². The van der Waals surface area contributed by atoms with Crippen molar-refractivity contribution >= 4 is 33.9 Å². The Balaban J connectivity index is 1.93. The smallest absolute Gasteiger partial charge is 0.272 e. The maximum absolute atomic E-state index is 12.7. The molecule has 2 aromatic rings. The molecule has 0 N–H and O–H groups in total. The summed E-state index contributed by atoms with van der Waals surface area (Å²) in [5, 5.41) is 0. The Morgan fingerprint density at radius 1 is 1.29 bits per heavy atom. The van der Waals surface area contributed by atoms with Crippen LogP contribution in [0.5, 0.6) is 0 Å². The van der Waals surface area contributed by atoms with Crippen LogP contribution in [0, 0.1) is 6.92 Å². The zero-order chi connectivity index (χ0) is 15.0. The summed E-state index contributed by atoms with van der Waals surface area (Å²) in [4.78, 5) is 31.4. The molecule has 21 heavy (non-hydrogen) atoms. The van der Waals surface area contributed by atoms with Crippen molar-refractivity contribution in [3.63, 3.8) is 0 Å². The number of aromatic nitrogens is 2.